The number of halogens is 3. The molecule has 0 aliphatic carbocycles. The van der Waals surface area contributed by atoms with E-state index in [1.165, 1.54) is 11.1 Å². The summed E-state index contributed by atoms with van der Waals surface area (Å²) in [5.41, 5.74) is 2.04. The Morgan fingerprint density at radius 3 is 2.86 bits per heavy atom. The second-order valence-electron chi connectivity index (χ2n) is 3.09. The predicted molar refractivity (Wildman–Crippen MR) is 45.1 cm³/mol. The summed E-state index contributed by atoms with van der Waals surface area (Å²) in [6.45, 7) is 1.70. The van der Waals surface area contributed by atoms with Crippen LogP contribution >= 0.6 is 0 Å². The number of amidine groups is 1. The fourth-order valence-electron chi connectivity index (χ4n) is 1.34. The number of allylic oxidation sites excluding steroid dienone is 2. The maximum absolute atomic E-state index is 12.3. The van der Waals surface area contributed by atoms with Gasteiger partial charge in [0.15, 0.2) is 6.17 Å². The highest BCUT2D eigenvalue weighted by Gasteiger charge is 2.36. The number of nitrogens with one attached hydrogen (secondary N) is 1. The fraction of sp³-hybridized carbons (Fsp3) is 0.375. The van der Waals surface area contributed by atoms with Crippen molar-refractivity contribution in [1.29, 1.82) is 0 Å². The van der Waals surface area contributed by atoms with Crippen LogP contribution in [0.15, 0.2) is 28.9 Å². The van der Waals surface area contributed by atoms with Crippen molar-refractivity contribution in [3.8, 4) is 0 Å². The maximum Gasteiger partial charge on any atom is 0.417 e. The van der Waals surface area contributed by atoms with Gasteiger partial charge in [-0.25, -0.2) is 4.99 Å². The lowest BCUT2D eigenvalue weighted by Gasteiger charge is -2.24. The number of hydrogen-bond donors (Lipinski definition) is 1. The summed E-state index contributed by atoms with van der Waals surface area (Å²) in [4.78, 5) is 4.06. The average molecular weight is 203 g/mol. The Morgan fingerprint density at radius 1 is 1.50 bits per heavy atom. The first-order chi connectivity index (χ1) is 6.47. The zero-order valence-corrected chi connectivity index (χ0v) is 7.34. The first-order valence-corrected chi connectivity index (χ1v) is 4.03. The van der Waals surface area contributed by atoms with Gasteiger partial charge in [0.25, 0.3) is 0 Å². The van der Waals surface area contributed by atoms with Gasteiger partial charge >= 0.3 is 6.18 Å². The van der Waals surface area contributed by atoms with E-state index in [1.807, 2.05) is 0 Å². The maximum atomic E-state index is 12.3. The third-order valence-electron chi connectivity index (χ3n) is 1.96. The zero-order valence-electron chi connectivity index (χ0n) is 7.34. The number of aliphatic imine (C=N–C) groups is 1. The van der Waals surface area contributed by atoms with Crippen LogP contribution in [0.5, 0.6) is 0 Å². The highest BCUT2D eigenvalue weighted by atomic mass is 19.4. The molecular weight excluding hydrogens is 195 g/mol. The van der Waals surface area contributed by atoms with Gasteiger partial charge in [0.1, 0.15) is 5.84 Å². The molecule has 0 saturated carbocycles. The van der Waals surface area contributed by atoms with Gasteiger partial charge < -0.3 is 0 Å². The third kappa shape index (κ3) is 1.47. The van der Waals surface area contributed by atoms with Crippen LogP contribution in [0.3, 0.4) is 0 Å². The minimum absolute atomic E-state index is 0.346. The Kier molecular flexibility index (Phi) is 1.80. The van der Waals surface area contributed by atoms with Crippen molar-refractivity contribution in [3.05, 3.63) is 23.9 Å². The second kappa shape index (κ2) is 2.76. The van der Waals surface area contributed by atoms with E-state index in [9.17, 15) is 13.2 Å². The lowest BCUT2D eigenvalue weighted by atomic mass is 10.2. The molecule has 0 aromatic heterocycles. The standard InChI is InChI=1S/C8H8F3N3/c1-5-12-7-3-2-6(8(9,10)11)4-14(7)13-5/h2-4,7H,1H3,(H,12,13). The van der Waals surface area contributed by atoms with Crippen molar-refractivity contribution >= 4 is 5.84 Å². The van der Waals surface area contributed by atoms with Crippen molar-refractivity contribution in [2.45, 2.75) is 19.3 Å². The molecule has 0 aromatic rings. The molecule has 0 spiro atoms. The smallest absolute Gasteiger partial charge is 0.284 e. The molecule has 1 atom stereocenters. The number of rotatable bonds is 0. The quantitative estimate of drug-likeness (QED) is 0.647. The SMILES string of the molecule is CC1=NC2C=CC(C(F)(F)F)=CN2N1. The van der Waals surface area contributed by atoms with E-state index in [0.29, 0.717) is 5.84 Å². The molecule has 6 heteroatoms. The fourth-order valence-corrected chi connectivity index (χ4v) is 1.34. The number of hydrogen-bond acceptors (Lipinski definition) is 3. The highest BCUT2D eigenvalue weighted by Crippen LogP contribution is 2.30. The second-order valence-corrected chi connectivity index (χ2v) is 3.09. The van der Waals surface area contributed by atoms with Crippen LogP contribution in [-0.4, -0.2) is 23.2 Å². The van der Waals surface area contributed by atoms with Crippen LogP contribution in [0.4, 0.5) is 13.2 Å². The molecule has 2 heterocycles. The van der Waals surface area contributed by atoms with E-state index in [0.717, 1.165) is 12.3 Å². The van der Waals surface area contributed by atoms with Crippen LogP contribution in [-0.2, 0) is 0 Å². The molecule has 2 aliphatic heterocycles. The van der Waals surface area contributed by atoms with Gasteiger partial charge in [-0.15, -0.1) is 0 Å². The van der Waals surface area contributed by atoms with Crippen molar-refractivity contribution in [3.63, 3.8) is 0 Å². The van der Waals surface area contributed by atoms with Gasteiger partial charge in [0.05, 0.1) is 5.57 Å². The number of fused-ring (bicyclic) bond motifs is 1. The van der Waals surface area contributed by atoms with Gasteiger partial charge in [0.2, 0.25) is 0 Å². The van der Waals surface area contributed by atoms with Crippen molar-refractivity contribution in [1.82, 2.24) is 10.4 Å². The van der Waals surface area contributed by atoms with E-state index in [-0.39, 0.29) is 6.17 Å². The molecule has 76 valence electrons. The minimum atomic E-state index is -4.31. The molecule has 0 radical (unpaired) electrons. The van der Waals surface area contributed by atoms with Crippen molar-refractivity contribution in [2.75, 3.05) is 0 Å². The zero-order chi connectivity index (χ0) is 10.3. The number of alkyl halides is 3. The molecule has 0 fully saturated rings. The summed E-state index contributed by atoms with van der Waals surface area (Å²) in [5.74, 6) is 0.610. The number of nitrogens with zero attached hydrogens (tertiary/aromatic N) is 2. The molecule has 2 aliphatic rings. The Hall–Kier alpha value is -1.46. The Labute approximate surface area is 78.6 Å². The Balaban J connectivity index is 2.22. The molecule has 2 rings (SSSR count). The normalized spacial score (nSPS) is 25.4. The molecule has 1 unspecified atom stereocenters. The summed E-state index contributed by atoms with van der Waals surface area (Å²) in [5, 5.41) is 1.33. The molecule has 1 N–H and O–H groups in total. The average Bonchev–Trinajstić information content (AvgIpc) is 2.41. The highest BCUT2D eigenvalue weighted by molar-refractivity contribution is 5.81. The van der Waals surface area contributed by atoms with Gasteiger partial charge in [0, 0.05) is 6.20 Å². The van der Waals surface area contributed by atoms with Crippen LogP contribution in [0, 0.1) is 0 Å². The van der Waals surface area contributed by atoms with Gasteiger partial charge in [-0.2, -0.15) is 13.2 Å². The summed E-state index contributed by atoms with van der Waals surface area (Å²) in [6.07, 6.45) is -1.18. The largest absolute Gasteiger partial charge is 0.417 e. The molecule has 14 heavy (non-hydrogen) atoms. The van der Waals surface area contributed by atoms with Crippen LogP contribution in [0.2, 0.25) is 0 Å². The van der Waals surface area contributed by atoms with E-state index in [2.05, 4.69) is 10.4 Å². The number of hydrazine groups is 1. The first kappa shape index (κ1) is 9.11. The monoisotopic (exact) mass is 203 g/mol. The van der Waals surface area contributed by atoms with Gasteiger partial charge in [-0.3, -0.25) is 10.4 Å². The summed E-state index contributed by atoms with van der Waals surface area (Å²) < 4.78 is 36.9. The molecular formula is C8H8F3N3. The van der Waals surface area contributed by atoms with E-state index < -0.39 is 11.7 Å². The summed E-state index contributed by atoms with van der Waals surface area (Å²) in [7, 11) is 0. The molecule has 0 amide bonds. The van der Waals surface area contributed by atoms with Crippen LogP contribution in [0.1, 0.15) is 6.92 Å². The Morgan fingerprint density at radius 2 is 2.21 bits per heavy atom. The summed E-state index contributed by atoms with van der Waals surface area (Å²) in [6, 6.07) is 0. The predicted octanol–water partition coefficient (Wildman–Crippen LogP) is 1.57. The van der Waals surface area contributed by atoms with Gasteiger partial charge in [-0.1, -0.05) is 0 Å². The van der Waals surface area contributed by atoms with Gasteiger partial charge in [-0.05, 0) is 19.1 Å². The van der Waals surface area contributed by atoms with Crippen LogP contribution < -0.4 is 5.43 Å². The minimum Gasteiger partial charge on any atom is -0.284 e. The van der Waals surface area contributed by atoms with Crippen LogP contribution in [0.25, 0.3) is 0 Å². The lowest BCUT2D eigenvalue weighted by Crippen LogP contribution is -2.37. The molecule has 0 bridgehead atoms. The topological polar surface area (TPSA) is 27.6 Å². The first-order valence-electron chi connectivity index (χ1n) is 4.03. The van der Waals surface area contributed by atoms with E-state index >= 15 is 0 Å². The van der Waals surface area contributed by atoms with Crippen molar-refractivity contribution < 1.29 is 13.2 Å². The molecule has 0 aromatic carbocycles. The molecule has 0 saturated heterocycles. The van der Waals surface area contributed by atoms with E-state index in [4.69, 9.17) is 0 Å². The van der Waals surface area contributed by atoms with Crippen molar-refractivity contribution in [2.24, 2.45) is 4.99 Å². The third-order valence-corrected chi connectivity index (χ3v) is 1.96. The lowest BCUT2D eigenvalue weighted by molar-refractivity contribution is -0.0899. The van der Waals surface area contributed by atoms with E-state index in [1.54, 1.807) is 6.92 Å². The molecule has 3 nitrogen and oxygen atoms in total. The summed E-state index contributed by atoms with van der Waals surface area (Å²) >= 11 is 0. The Bertz CT molecular complexity index is 340.